The molecule has 0 unspecified atom stereocenters. The molecule has 47 heavy (non-hydrogen) atoms. The van der Waals surface area contributed by atoms with Crippen LogP contribution in [0.15, 0.2) is 12.2 Å². The van der Waals surface area contributed by atoms with Crippen molar-refractivity contribution >= 4 is 11.9 Å². The van der Waals surface area contributed by atoms with Gasteiger partial charge in [0.1, 0.15) is 0 Å². The minimum absolute atomic E-state index is 0.00837. The van der Waals surface area contributed by atoms with Crippen molar-refractivity contribution in [2.75, 3.05) is 6.61 Å². The maximum atomic E-state index is 12.0. The second kappa shape index (κ2) is 40.9. The first kappa shape index (κ1) is 45.7. The van der Waals surface area contributed by atoms with Gasteiger partial charge in [0.25, 0.3) is 0 Å². The molecule has 0 aliphatic carbocycles. The average Bonchev–Trinajstić information content (AvgIpc) is 3.06. The van der Waals surface area contributed by atoms with Gasteiger partial charge in [-0.1, -0.05) is 199 Å². The van der Waals surface area contributed by atoms with Gasteiger partial charge in [0.2, 0.25) is 0 Å². The quantitative estimate of drug-likeness (QED) is 0.0403. The number of aliphatic carboxylic acids is 1. The summed E-state index contributed by atoms with van der Waals surface area (Å²) in [5, 5.41) is 8.64. The van der Waals surface area contributed by atoms with Crippen LogP contribution in [0.3, 0.4) is 0 Å². The monoisotopic (exact) mass is 663 g/mol. The zero-order valence-corrected chi connectivity index (χ0v) is 31.7. The van der Waals surface area contributed by atoms with Crippen LogP contribution in [0.2, 0.25) is 0 Å². The van der Waals surface area contributed by atoms with Crippen molar-refractivity contribution < 1.29 is 19.4 Å². The molecule has 0 saturated heterocycles. The molecule has 0 fully saturated rings. The molecule has 0 aliphatic rings. The first-order valence-corrected chi connectivity index (χ1v) is 21.2. The van der Waals surface area contributed by atoms with E-state index in [0.717, 1.165) is 25.7 Å². The molecule has 0 aromatic rings. The van der Waals surface area contributed by atoms with Crippen molar-refractivity contribution in [3.05, 3.63) is 12.2 Å². The standard InChI is InChI=1S/C43H82O4/c1-2-3-4-5-6-7-8-9-10-11-12-13-14-15-19-22-25-28-31-34-37-40-43(46)47-41-38-35-32-29-26-23-20-17-16-18-21-24-27-30-33-36-39-42(44)45/h9-10H,2-8,11-41H2,1H3,(H,44,45). The number of esters is 1. The Labute approximate surface area is 294 Å². The van der Waals surface area contributed by atoms with E-state index in [1.165, 1.54) is 199 Å². The van der Waals surface area contributed by atoms with Gasteiger partial charge in [-0.3, -0.25) is 9.59 Å². The second-order valence-electron chi connectivity index (χ2n) is 14.5. The molecule has 0 heterocycles. The molecule has 0 aliphatic heterocycles. The number of ether oxygens (including phenoxy) is 1. The summed E-state index contributed by atoms with van der Waals surface area (Å²) in [6, 6.07) is 0. The van der Waals surface area contributed by atoms with Gasteiger partial charge in [-0.25, -0.2) is 0 Å². The minimum atomic E-state index is -0.664. The maximum absolute atomic E-state index is 12.0. The Morgan fingerprint density at radius 3 is 1.06 bits per heavy atom. The van der Waals surface area contributed by atoms with Crippen LogP contribution < -0.4 is 0 Å². The van der Waals surface area contributed by atoms with Gasteiger partial charge in [-0.15, -0.1) is 0 Å². The number of carboxylic acids is 1. The molecule has 0 bridgehead atoms. The Morgan fingerprint density at radius 2 is 0.702 bits per heavy atom. The summed E-state index contributed by atoms with van der Waals surface area (Å²) in [6.45, 7) is 2.89. The summed E-state index contributed by atoms with van der Waals surface area (Å²) in [7, 11) is 0. The lowest BCUT2D eigenvalue weighted by atomic mass is 10.0. The van der Waals surface area contributed by atoms with Gasteiger partial charge in [0.05, 0.1) is 6.61 Å². The Morgan fingerprint density at radius 1 is 0.404 bits per heavy atom. The van der Waals surface area contributed by atoms with E-state index in [0.29, 0.717) is 19.4 Å². The average molecular weight is 663 g/mol. The molecule has 4 nitrogen and oxygen atoms in total. The number of hydrogen-bond donors (Lipinski definition) is 1. The fourth-order valence-corrected chi connectivity index (χ4v) is 6.51. The number of rotatable bonds is 40. The van der Waals surface area contributed by atoms with Crippen molar-refractivity contribution in [2.45, 2.75) is 244 Å². The molecule has 1 N–H and O–H groups in total. The van der Waals surface area contributed by atoms with E-state index < -0.39 is 5.97 Å². The first-order valence-electron chi connectivity index (χ1n) is 21.2. The SMILES string of the molecule is CCCCCCCCC=CCCCCCCCCCCCCCC(=O)OCCCCCCCCCCCCCCCCCCC(=O)O. The summed E-state index contributed by atoms with van der Waals surface area (Å²) in [5.74, 6) is -0.655. The summed E-state index contributed by atoms with van der Waals surface area (Å²) in [5.41, 5.74) is 0. The van der Waals surface area contributed by atoms with Crippen LogP contribution >= 0.6 is 0 Å². The molecule has 278 valence electrons. The molecule has 0 spiro atoms. The van der Waals surface area contributed by atoms with Crippen LogP contribution in [0.5, 0.6) is 0 Å². The highest BCUT2D eigenvalue weighted by molar-refractivity contribution is 5.69. The van der Waals surface area contributed by atoms with Crippen LogP contribution in [0.25, 0.3) is 0 Å². The van der Waals surface area contributed by atoms with E-state index in [2.05, 4.69) is 19.1 Å². The summed E-state index contributed by atoms with van der Waals surface area (Å²) in [4.78, 5) is 22.5. The molecule has 0 saturated carbocycles. The highest BCUT2D eigenvalue weighted by Crippen LogP contribution is 2.16. The summed E-state index contributed by atoms with van der Waals surface area (Å²) in [6.07, 6.45) is 51.0. The third-order valence-corrected chi connectivity index (χ3v) is 9.69. The van der Waals surface area contributed by atoms with E-state index in [-0.39, 0.29) is 5.97 Å². The van der Waals surface area contributed by atoms with E-state index in [1.807, 2.05) is 0 Å². The molecule has 0 aromatic heterocycles. The molecular weight excluding hydrogens is 580 g/mol. The van der Waals surface area contributed by atoms with E-state index in [9.17, 15) is 9.59 Å². The Balaban J connectivity index is 3.18. The third kappa shape index (κ3) is 42.7. The predicted molar refractivity (Wildman–Crippen MR) is 204 cm³/mol. The number of carbonyl (C=O) groups is 2. The Hall–Kier alpha value is -1.32. The van der Waals surface area contributed by atoms with Gasteiger partial charge in [0, 0.05) is 12.8 Å². The smallest absolute Gasteiger partial charge is 0.305 e. The van der Waals surface area contributed by atoms with Crippen molar-refractivity contribution in [3.8, 4) is 0 Å². The van der Waals surface area contributed by atoms with Crippen LogP contribution in [0, 0.1) is 0 Å². The largest absolute Gasteiger partial charge is 0.481 e. The minimum Gasteiger partial charge on any atom is -0.481 e. The van der Waals surface area contributed by atoms with Crippen molar-refractivity contribution in [1.29, 1.82) is 0 Å². The topological polar surface area (TPSA) is 63.6 Å². The number of unbranched alkanes of at least 4 members (excludes halogenated alkanes) is 32. The van der Waals surface area contributed by atoms with Gasteiger partial charge in [-0.2, -0.15) is 0 Å². The lowest BCUT2D eigenvalue weighted by molar-refractivity contribution is -0.144. The fraction of sp³-hybridized carbons (Fsp3) is 0.907. The first-order chi connectivity index (χ1) is 23.2. The summed E-state index contributed by atoms with van der Waals surface area (Å²) < 4.78 is 5.45. The number of carbonyl (C=O) groups excluding carboxylic acids is 1. The van der Waals surface area contributed by atoms with Gasteiger partial charge >= 0.3 is 11.9 Å². The molecule has 0 aromatic carbocycles. The molecule has 4 heteroatoms. The number of carboxylic acid groups (broad SMARTS) is 1. The van der Waals surface area contributed by atoms with Gasteiger partial charge < -0.3 is 9.84 Å². The van der Waals surface area contributed by atoms with Crippen LogP contribution in [0.1, 0.15) is 244 Å². The van der Waals surface area contributed by atoms with E-state index in [4.69, 9.17) is 9.84 Å². The maximum Gasteiger partial charge on any atom is 0.305 e. The van der Waals surface area contributed by atoms with Crippen LogP contribution in [-0.2, 0) is 14.3 Å². The molecular formula is C43H82O4. The van der Waals surface area contributed by atoms with Gasteiger partial charge in [0.15, 0.2) is 0 Å². The van der Waals surface area contributed by atoms with Crippen molar-refractivity contribution in [3.63, 3.8) is 0 Å². The number of hydrogen-bond acceptors (Lipinski definition) is 3. The Bertz CT molecular complexity index is 658. The highest BCUT2D eigenvalue weighted by Gasteiger charge is 2.03. The third-order valence-electron chi connectivity index (χ3n) is 9.69. The lowest BCUT2D eigenvalue weighted by Crippen LogP contribution is -2.05. The lowest BCUT2D eigenvalue weighted by Gasteiger charge is -2.06. The summed E-state index contributed by atoms with van der Waals surface area (Å²) >= 11 is 0. The zero-order chi connectivity index (χ0) is 34.1. The highest BCUT2D eigenvalue weighted by atomic mass is 16.5. The van der Waals surface area contributed by atoms with Crippen molar-refractivity contribution in [2.24, 2.45) is 0 Å². The fourth-order valence-electron chi connectivity index (χ4n) is 6.51. The van der Waals surface area contributed by atoms with E-state index >= 15 is 0 Å². The normalized spacial score (nSPS) is 11.5. The predicted octanol–water partition coefficient (Wildman–Crippen LogP) is 14.6. The Kier molecular flexibility index (Phi) is 39.7. The van der Waals surface area contributed by atoms with Crippen molar-refractivity contribution in [1.82, 2.24) is 0 Å². The molecule has 0 amide bonds. The van der Waals surface area contributed by atoms with Gasteiger partial charge in [-0.05, 0) is 44.9 Å². The van der Waals surface area contributed by atoms with Crippen LogP contribution in [0.4, 0.5) is 0 Å². The second-order valence-corrected chi connectivity index (χ2v) is 14.5. The molecule has 0 atom stereocenters. The molecule has 0 radical (unpaired) electrons. The van der Waals surface area contributed by atoms with Crippen LogP contribution in [-0.4, -0.2) is 23.7 Å². The zero-order valence-electron chi connectivity index (χ0n) is 31.7. The molecule has 0 rings (SSSR count). The van der Waals surface area contributed by atoms with E-state index in [1.54, 1.807) is 0 Å². The number of allylic oxidation sites excluding steroid dienone is 2.